The predicted molar refractivity (Wildman–Crippen MR) is 41.7 cm³/mol. The number of methoxy groups -OCH3 is 1. The molecule has 0 saturated carbocycles. The second kappa shape index (κ2) is 3.46. The van der Waals surface area contributed by atoms with Crippen LogP contribution in [0.15, 0.2) is 23.1 Å². The second-order valence-corrected chi connectivity index (χ2v) is 2.70. The molecule has 0 atom stereocenters. The van der Waals surface area contributed by atoms with Gasteiger partial charge in [-0.3, -0.25) is 0 Å². The van der Waals surface area contributed by atoms with E-state index < -0.39 is 0 Å². The SMILES string of the molecule is COC(=O)C1=CSCC=C1. The Morgan fingerprint density at radius 2 is 2.60 bits per heavy atom. The zero-order chi connectivity index (χ0) is 7.40. The van der Waals surface area contributed by atoms with Gasteiger partial charge in [-0.25, -0.2) is 4.79 Å². The molecule has 0 amide bonds. The van der Waals surface area contributed by atoms with E-state index in [0.29, 0.717) is 5.57 Å². The van der Waals surface area contributed by atoms with Gasteiger partial charge in [0, 0.05) is 5.75 Å². The van der Waals surface area contributed by atoms with Gasteiger partial charge >= 0.3 is 5.97 Å². The molecule has 0 aromatic carbocycles. The average molecular weight is 156 g/mol. The summed E-state index contributed by atoms with van der Waals surface area (Å²) in [5, 5.41) is 1.81. The average Bonchev–Trinajstić information content (AvgIpc) is 2.05. The van der Waals surface area contributed by atoms with E-state index in [1.807, 2.05) is 11.5 Å². The minimum atomic E-state index is -0.261. The summed E-state index contributed by atoms with van der Waals surface area (Å²) < 4.78 is 4.52. The molecule has 1 aliphatic rings. The van der Waals surface area contributed by atoms with Crippen molar-refractivity contribution >= 4 is 17.7 Å². The van der Waals surface area contributed by atoms with Crippen LogP contribution in [0.1, 0.15) is 0 Å². The molecule has 0 radical (unpaired) electrons. The summed E-state index contributed by atoms with van der Waals surface area (Å²) in [4.78, 5) is 10.8. The van der Waals surface area contributed by atoms with E-state index in [1.165, 1.54) is 7.11 Å². The molecule has 1 rings (SSSR count). The second-order valence-electron chi connectivity index (χ2n) is 1.80. The maximum Gasteiger partial charge on any atom is 0.338 e. The van der Waals surface area contributed by atoms with Gasteiger partial charge in [0.25, 0.3) is 0 Å². The van der Waals surface area contributed by atoms with E-state index in [1.54, 1.807) is 17.8 Å². The van der Waals surface area contributed by atoms with Gasteiger partial charge in [0.2, 0.25) is 0 Å². The highest BCUT2D eigenvalue weighted by Crippen LogP contribution is 2.15. The maximum atomic E-state index is 10.8. The fourth-order valence-corrected chi connectivity index (χ4v) is 1.30. The maximum absolute atomic E-state index is 10.8. The lowest BCUT2D eigenvalue weighted by Crippen LogP contribution is -2.03. The summed E-state index contributed by atoms with van der Waals surface area (Å²) in [6, 6.07) is 0. The summed E-state index contributed by atoms with van der Waals surface area (Å²) in [5.41, 5.74) is 0.638. The first-order valence-corrected chi connectivity index (χ1v) is 3.96. The number of hydrogen-bond donors (Lipinski definition) is 0. The van der Waals surface area contributed by atoms with Crippen molar-refractivity contribution in [3.8, 4) is 0 Å². The molecule has 1 heterocycles. The number of carbonyl (C=O) groups excluding carboxylic acids is 1. The van der Waals surface area contributed by atoms with Crippen molar-refractivity contribution in [1.29, 1.82) is 0 Å². The van der Waals surface area contributed by atoms with Crippen LogP contribution in [-0.4, -0.2) is 18.8 Å². The molecule has 0 aromatic rings. The molecule has 0 saturated heterocycles. The fraction of sp³-hybridized carbons (Fsp3) is 0.286. The molecule has 3 heteroatoms. The first-order chi connectivity index (χ1) is 4.84. The molecule has 0 unspecified atom stereocenters. The van der Waals surface area contributed by atoms with Crippen molar-refractivity contribution in [2.45, 2.75) is 0 Å². The van der Waals surface area contributed by atoms with Crippen LogP contribution in [0.5, 0.6) is 0 Å². The Balaban J connectivity index is 2.63. The summed E-state index contributed by atoms with van der Waals surface area (Å²) in [7, 11) is 1.39. The van der Waals surface area contributed by atoms with E-state index in [0.717, 1.165) is 5.75 Å². The third kappa shape index (κ3) is 1.64. The molecule has 2 nitrogen and oxygen atoms in total. The van der Waals surface area contributed by atoms with Gasteiger partial charge in [-0.1, -0.05) is 12.2 Å². The monoisotopic (exact) mass is 156 g/mol. The van der Waals surface area contributed by atoms with Crippen LogP contribution in [0.3, 0.4) is 0 Å². The molecular formula is C7H8O2S. The smallest absolute Gasteiger partial charge is 0.338 e. The van der Waals surface area contributed by atoms with Gasteiger partial charge in [0.05, 0.1) is 12.7 Å². The molecule has 0 N–H and O–H groups in total. The lowest BCUT2D eigenvalue weighted by atomic mass is 10.3. The Bertz CT molecular complexity index is 194. The molecule has 0 aliphatic carbocycles. The van der Waals surface area contributed by atoms with E-state index in [9.17, 15) is 4.79 Å². The van der Waals surface area contributed by atoms with E-state index in [4.69, 9.17) is 0 Å². The molecule has 0 bridgehead atoms. The van der Waals surface area contributed by atoms with Crippen LogP contribution in [0, 0.1) is 0 Å². The molecule has 54 valence electrons. The van der Waals surface area contributed by atoms with Crippen molar-refractivity contribution in [2.24, 2.45) is 0 Å². The van der Waals surface area contributed by atoms with Crippen LogP contribution >= 0.6 is 11.8 Å². The zero-order valence-corrected chi connectivity index (χ0v) is 6.48. The third-order valence-electron chi connectivity index (χ3n) is 1.12. The highest BCUT2D eigenvalue weighted by Gasteiger charge is 2.06. The standard InChI is InChI=1S/C7H8O2S/c1-9-7(8)6-3-2-4-10-5-6/h2-3,5H,4H2,1H3. The first-order valence-electron chi connectivity index (χ1n) is 2.91. The molecule has 10 heavy (non-hydrogen) atoms. The quantitative estimate of drug-likeness (QED) is 0.536. The Hall–Kier alpha value is -0.700. The molecule has 0 aromatic heterocycles. The van der Waals surface area contributed by atoms with Crippen LogP contribution < -0.4 is 0 Å². The molecular weight excluding hydrogens is 148 g/mol. The minimum Gasteiger partial charge on any atom is -0.465 e. The lowest BCUT2D eigenvalue weighted by Gasteiger charge is -2.02. The van der Waals surface area contributed by atoms with Gasteiger partial charge in [-0.2, -0.15) is 0 Å². The van der Waals surface area contributed by atoms with Crippen LogP contribution in [0.4, 0.5) is 0 Å². The normalized spacial score (nSPS) is 16.3. The highest BCUT2D eigenvalue weighted by atomic mass is 32.2. The van der Waals surface area contributed by atoms with Crippen molar-refractivity contribution in [3.05, 3.63) is 23.1 Å². The number of carbonyl (C=O) groups is 1. The lowest BCUT2D eigenvalue weighted by molar-refractivity contribution is -0.135. The number of rotatable bonds is 1. The zero-order valence-electron chi connectivity index (χ0n) is 5.66. The van der Waals surface area contributed by atoms with Gasteiger partial charge in [0.1, 0.15) is 0 Å². The largest absolute Gasteiger partial charge is 0.465 e. The Kier molecular flexibility index (Phi) is 2.57. The first kappa shape index (κ1) is 7.41. The molecule has 0 spiro atoms. The number of esters is 1. The summed E-state index contributed by atoms with van der Waals surface area (Å²) in [6.45, 7) is 0. The van der Waals surface area contributed by atoms with Gasteiger partial charge in [-0.15, -0.1) is 11.8 Å². The van der Waals surface area contributed by atoms with Crippen molar-refractivity contribution < 1.29 is 9.53 Å². The van der Waals surface area contributed by atoms with E-state index in [-0.39, 0.29) is 5.97 Å². The fourth-order valence-electron chi connectivity index (χ4n) is 0.642. The number of thioether (sulfide) groups is 1. The van der Waals surface area contributed by atoms with Gasteiger partial charge in [0.15, 0.2) is 0 Å². The summed E-state index contributed by atoms with van der Waals surface area (Å²) in [5.74, 6) is 0.684. The molecule has 1 aliphatic heterocycles. The highest BCUT2D eigenvalue weighted by molar-refractivity contribution is 8.02. The number of ether oxygens (including phenoxy) is 1. The minimum absolute atomic E-state index is 0.261. The summed E-state index contributed by atoms with van der Waals surface area (Å²) >= 11 is 1.60. The Labute approximate surface area is 63.9 Å². The van der Waals surface area contributed by atoms with Crippen LogP contribution in [0.2, 0.25) is 0 Å². The van der Waals surface area contributed by atoms with Crippen molar-refractivity contribution in [1.82, 2.24) is 0 Å². The Morgan fingerprint density at radius 3 is 3.10 bits per heavy atom. The van der Waals surface area contributed by atoms with Crippen molar-refractivity contribution in [3.63, 3.8) is 0 Å². The van der Waals surface area contributed by atoms with E-state index in [2.05, 4.69) is 4.74 Å². The summed E-state index contributed by atoms with van der Waals surface area (Å²) in [6.07, 6.45) is 3.72. The Morgan fingerprint density at radius 1 is 1.80 bits per heavy atom. The molecule has 0 fully saturated rings. The predicted octanol–water partition coefficient (Wildman–Crippen LogP) is 1.35. The van der Waals surface area contributed by atoms with Crippen LogP contribution in [-0.2, 0) is 9.53 Å². The third-order valence-corrected chi connectivity index (χ3v) is 1.93. The van der Waals surface area contributed by atoms with Gasteiger partial charge < -0.3 is 4.74 Å². The van der Waals surface area contributed by atoms with Crippen molar-refractivity contribution in [2.75, 3.05) is 12.9 Å². The van der Waals surface area contributed by atoms with Crippen LogP contribution in [0.25, 0.3) is 0 Å². The topological polar surface area (TPSA) is 26.3 Å². The van der Waals surface area contributed by atoms with E-state index >= 15 is 0 Å². The van der Waals surface area contributed by atoms with Gasteiger partial charge in [-0.05, 0) is 5.41 Å². The number of hydrogen-bond acceptors (Lipinski definition) is 3.